The number of rotatable bonds is 4. The van der Waals surface area contributed by atoms with Crippen LogP contribution in [0.1, 0.15) is 6.92 Å². The predicted molar refractivity (Wildman–Crippen MR) is 76.6 cm³/mol. The van der Waals surface area contributed by atoms with Crippen LogP contribution in [0, 0.1) is 5.82 Å². The lowest BCUT2D eigenvalue weighted by Crippen LogP contribution is -2.26. The van der Waals surface area contributed by atoms with E-state index in [4.69, 9.17) is 0 Å². The second-order valence-electron chi connectivity index (χ2n) is 4.07. The first-order valence-electron chi connectivity index (χ1n) is 5.80. The van der Waals surface area contributed by atoms with E-state index in [1.807, 2.05) is 12.1 Å². The lowest BCUT2D eigenvalue weighted by Gasteiger charge is -2.07. The third kappa shape index (κ3) is 3.64. The molecule has 4 nitrogen and oxygen atoms in total. The molecule has 0 saturated heterocycles. The number of carbonyl (C=O) groups is 1. The van der Waals surface area contributed by atoms with Gasteiger partial charge in [0.1, 0.15) is 11.6 Å². The third-order valence-corrected chi connectivity index (χ3v) is 3.14. The summed E-state index contributed by atoms with van der Waals surface area (Å²) in [5.41, 5.74) is 0.588. The molecule has 0 saturated carbocycles. The maximum atomic E-state index is 13.4. The predicted octanol–water partition coefficient (Wildman–Crippen LogP) is 2.68. The first-order chi connectivity index (χ1) is 9.06. The van der Waals surface area contributed by atoms with Crippen molar-refractivity contribution in [2.24, 2.45) is 0 Å². The van der Waals surface area contributed by atoms with E-state index in [0.29, 0.717) is 28.9 Å². The molecule has 2 N–H and O–H groups in total. The van der Waals surface area contributed by atoms with Crippen LogP contribution < -0.4 is 10.6 Å². The minimum atomic E-state index is -0.338. The summed E-state index contributed by atoms with van der Waals surface area (Å²) in [4.78, 5) is 15.0. The number of anilines is 1. The summed E-state index contributed by atoms with van der Waals surface area (Å²) in [7, 11) is 0. The average molecular weight is 326 g/mol. The molecule has 1 heterocycles. The van der Waals surface area contributed by atoms with Crippen LogP contribution in [0.5, 0.6) is 0 Å². The number of hydrogen-bond acceptors (Lipinski definition) is 3. The monoisotopic (exact) mass is 325 g/mol. The first-order valence-corrected chi connectivity index (χ1v) is 6.59. The molecule has 2 rings (SSSR count). The molecule has 0 spiro atoms. The zero-order valence-corrected chi connectivity index (χ0v) is 11.9. The Morgan fingerprint density at radius 2 is 2.16 bits per heavy atom. The Balaban J connectivity index is 2.08. The molecule has 6 heteroatoms. The average Bonchev–Trinajstić information content (AvgIpc) is 2.36. The molecule has 0 unspecified atom stereocenters. The number of halogens is 2. The van der Waals surface area contributed by atoms with E-state index in [-0.39, 0.29) is 11.7 Å². The van der Waals surface area contributed by atoms with E-state index >= 15 is 0 Å². The minimum Gasteiger partial charge on any atom is -0.368 e. The number of aromatic nitrogens is 1. The first kappa shape index (κ1) is 13.7. The largest absolute Gasteiger partial charge is 0.368 e. The van der Waals surface area contributed by atoms with Crippen molar-refractivity contribution in [3.63, 3.8) is 0 Å². The van der Waals surface area contributed by atoms with Gasteiger partial charge in [-0.1, -0.05) is 0 Å². The molecule has 19 heavy (non-hydrogen) atoms. The van der Waals surface area contributed by atoms with Crippen LogP contribution in [0.2, 0.25) is 0 Å². The maximum absolute atomic E-state index is 13.4. The van der Waals surface area contributed by atoms with E-state index < -0.39 is 0 Å². The van der Waals surface area contributed by atoms with E-state index in [1.54, 1.807) is 6.07 Å². The third-order valence-electron chi connectivity index (χ3n) is 2.54. The second-order valence-corrected chi connectivity index (χ2v) is 4.92. The number of nitrogens with one attached hydrogen (secondary N) is 2. The van der Waals surface area contributed by atoms with E-state index in [9.17, 15) is 9.18 Å². The van der Waals surface area contributed by atoms with Gasteiger partial charge >= 0.3 is 0 Å². The molecule has 0 bridgehead atoms. The number of amides is 1. The van der Waals surface area contributed by atoms with Gasteiger partial charge in [-0.15, -0.1) is 0 Å². The quantitative estimate of drug-likeness (QED) is 0.850. The summed E-state index contributed by atoms with van der Waals surface area (Å²) < 4.78 is 13.8. The van der Waals surface area contributed by atoms with E-state index in [0.717, 1.165) is 5.39 Å². The summed E-state index contributed by atoms with van der Waals surface area (Å²) in [5.74, 6) is 0.246. The molecule has 0 aliphatic heterocycles. The van der Waals surface area contributed by atoms with Crippen molar-refractivity contribution in [2.45, 2.75) is 6.92 Å². The minimum absolute atomic E-state index is 0.0693. The van der Waals surface area contributed by atoms with Gasteiger partial charge in [0.15, 0.2) is 0 Å². The molecule has 2 aromatic rings. The van der Waals surface area contributed by atoms with Crippen molar-refractivity contribution in [1.29, 1.82) is 0 Å². The van der Waals surface area contributed by atoms with Gasteiger partial charge in [0.05, 0.1) is 9.99 Å². The molecule has 0 aliphatic carbocycles. The summed E-state index contributed by atoms with van der Waals surface area (Å²) in [5, 5.41) is 6.60. The van der Waals surface area contributed by atoms with Gasteiger partial charge in [-0.2, -0.15) is 0 Å². The van der Waals surface area contributed by atoms with Gasteiger partial charge in [0.25, 0.3) is 0 Å². The fraction of sp³-hybridized carbons (Fsp3) is 0.231. The normalized spacial score (nSPS) is 10.5. The van der Waals surface area contributed by atoms with Crippen LogP contribution in [0.4, 0.5) is 10.2 Å². The molecule has 1 aromatic heterocycles. The highest BCUT2D eigenvalue weighted by atomic mass is 79.9. The van der Waals surface area contributed by atoms with Crippen molar-refractivity contribution in [2.75, 3.05) is 18.4 Å². The number of fused-ring (bicyclic) bond motifs is 1. The van der Waals surface area contributed by atoms with Crippen LogP contribution >= 0.6 is 15.9 Å². The van der Waals surface area contributed by atoms with E-state index in [2.05, 4.69) is 31.5 Å². The van der Waals surface area contributed by atoms with Crippen molar-refractivity contribution in [3.05, 3.63) is 34.6 Å². The van der Waals surface area contributed by atoms with Gasteiger partial charge in [-0.3, -0.25) is 4.79 Å². The Morgan fingerprint density at radius 1 is 1.37 bits per heavy atom. The lowest BCUT2D eigenvalue weighted by molar-refractivity contribution is -0.118. The number of hydrogen-bond donors (Lipinski definition) is 2. The summed E-state index contributed by atoms with van der Waals surface area (Å²) in [6, 6.07) is 6.77. The van der Waals surface area contributed by atoms with Crippen molar-refractivity contribution in [3.8, 4) is 0 Å². The van der Waals surface area contributed by atoms with E-state index in [1.165, 1.54) is 13.0 Å². The highest BCUT2D eigenvalue weighted by Gasteiger charge is 2.04. The van der Waals surface area contributed by atoms with Gasteiger partial charge in [-0.25, -0.2) is 9.37 Å². The Morgan fingerprint density at radius 3 is 2.89 bits per heavy atom. The summed E-state index contributed by atoms with van der Waals surface area (Å²) in [6.07, 6.45) is 0. The number of pyridine rings is 1. The molecule has 0 radical (unpaired) electrons. The zero-order chi connectivity index (χ0) is 13.8. The maximum Gasteiger partial charge on any atom is 0.216 e. The Bertz CT molecular complexity index is 618. The standard InChI is InChI=1S/C13H13BrFN3O/c1-8(19)16-4-5-17-13-3-2-9-6-10(14)11(15)7-12(9)18-13/h2-3,6-7H,4-5H2,1H3,(H,16,19)(H,17,18). The van der Waals surface area contributed by atoms with Gasteiger partial charge in [0.2, 0.25) is 5.91 Å². The van der Waals surface area contributed by atoms with Crippen LogP contribution in [0.25, 0.3) is 10.9 Å². The highest BCUT2D eigenvalue weighted by molar-refractivity contribution is 9.10. The molecule has 0 aliphatic rings. The van der Waals surface area contributed by atoms with Gasteiger partial charge in [-0.05, 0) is 34.1 Å². The van der Waals surface area contributed by atoms with Crippen LogP contribution in [0.15, 0.2) is 28.7 Å². The molecule has 0 atom stereocenters. The van der Waals surface area contributed by atoms with Crippen LogP contribution in [0.3, 0.4) is 0 Å². The van der Waals surface area contributed by atoms with Gasteiger partial charge in [0, 0.05) is 31.5 Å². The molecule has 1 aromatic carbocycles. The van der Waals surface area contributed by atoms with Gasteiger partial charge < -0.3 is 10.6 Å². The zero-order valence-electron chi connectivity index (χ0n) is 10.3. The second kappa shape index (κ2) is 5.97. The number of nitrogens with zero attached hydrogens (tertiary/aromatic N) is 1. The Hall–Kier alpha value is -1.69. The molecule has 0 fully saturated rings. The smallest absolute Gasteiger partial charge is 0.216 e. The molecular formula is C13H13BrFN3O. The summed E-state index contributed by atoms with van der Waals surface area (Å²) >= 11 is 3.14. The Labute approximate surface area is 118 Å². The Kier molecular flexibility index (Phi) is 4.31. The van der Waals surface area contributed by atoms with Crippen molar-refractivity contribution < 1.29 is 9.18 Å². The SMILES string of the molecule is CC(=O)NCCNc1ccc2cc(Br)c(F)cc2n1. The van der Waals surface area contributed by atoms with Crippen LogP contribution in [-0.2, 0) is 4.79 Å². The highest BCUT2D eigenvalue weighted by Crippen LogP contribution is 2.23. The molecule has 1 amide bonds. The van der Waals surface area contributed by atoms with Crippen molar-refractivity contribution in [1.82, 2.24) is 10.3 Å². The van der Waals surface area contributed by atoms with Crippen LogP contribution in [-0.4, -0.2) is 24.0 Å². The fourth-order valence-electron chi connectivity index (χ4n) is 1.65. The number of carbonyl (C=O) groups excluding carboxylic acids is 1. The summed E-state index contributed by atoms with van der Waals surface area (Å²) in [6.45, 7) is 2.55. The fourth-order valence-corrected chi connectivity index (χ4v) is 2.01. The lowest BCUT2D eigenvalue weighted by atomic mass is 10.2. The topological polar surface area (TPSA) is 54.0 Å². The molecular weight excluding hydrogens is 313 g/mol. The van der Waals surface area contributed by atoms with Crippen molar-refractivity contribution >= 4 is 38.6 Å². The number of benzene rings is 1. The molecule has 100 valence electrons.